The van der Waals surface area contributed by atoms with Gasteiger partial charge in [0, 0.05) is 31.9 Å². The number of ether oxygens (including phenoxy) is 1. The number of likely N-dealkylation sites (N-methyl/N-ethyl adjacent to an activating group) is 1. The summed E-state index contributed by atoms with van der Waals surface area (Å²) in [5.41, 5.74) is 0.150. The van der Waals surface area contributed by atoms with Crippen molar-refractivity contribution in [2.24, 2.45) is 0 Å². The number of carbonyl (C=O) groups is 1. The number of sulfonamides is 1. The van der Waals surface area contributed by atoms with Crippen molar-refractivity contribution >= 4 is 27.3 Å². The molecule has 9 nitrogen and oxygen atoms in total. The van der Waals surface area contributed by atoms with Crippen molar-refractivity contribution in [2.75, 3.05) is 25.0 Å². The maximum Gasteiger partial charge on any atom is 0.312 e. The molecule has 1 saturated heterocycles. The third-order valence-corrected chi connectivity index (χ3v) is 6.85. The first-order valence-electron chi connectivity index (χ1n) is 9.49. The van der Waals surface area contributed by atoms with Crippen molar-refractivity contribution in [2.45, 2.75) is 30.8 Å². The number of benzene rings is 2. The van der Waals surface area contributed by atoms with Crippen LogP contribution in [-0.2, 0) is 14.8 Å². The molecule has 3 rings (SSSR count). The molecule has 0 bridgehead atoms. The lowest BCUT2D eigenvalue weighted by Crippen LogP contribution is -2.38. The van der Waals surface area contributed by atoms with Gasteiger partial charge in [-0.1, -0.05) is 18.2 Å². The average molecular weight is 433 g/mol. The number of carbonyl (C=O) groups excluding carboxylic acids is 1. The van der Waals surface area contributed by atoms with E-state index in [0.29, 0.717) is 18.8 Å². The zero-order chi connectivity index (χ0) is 21.9. The maximum absolute atomic E-state index is 12.7. The fourth-order valence-corrected chi connectivity index (χ4v) is 4.81. The van der Waals surface area contributed by atoms with Gasteiger partial charge in [-0.15, -0.1) is 0 Å². The lowest BCUT2D eigenvalue weighted by atomic mass is 10.2. The van der Waals surface area contributed by atoms with Crippen molar-refractivity contribution in [3.05, 3.63) is 58.6 Å². The Morgan fingerprint density at radius 1 is 1.17 bits per heavy atom. The first kappa shape index (κ1) is 21.7. The van der Waals surface area contributed by atoms with Crippen LogP contribution in [0.2, 0.25) is 0 Å². The van der Waals surface area contributed by atoms with Crippen LogP contribution in [0, 0.1) is 10.1 Å². The number of rotatable bonds is 7. The number of nitrogens with zero attached hydrogens (tertiary/aromatic N) is 3. The highest BCUT2D eigenvalue weighted by molar-refractivity contribution is 7.89. The SMILES string of the molecule is C[C@@H](Oc1ccc(S(=O)(=O)N2CCCC2)cc1[N+](=O)[O-])C(=O)N(C)c1ccccc1. The van der Waals surface area contributed by atoms with Crippen LogP contribution >= 0.6 is 0 Å². The van der Waals surface area contributed by atoms with Gasteiger partial charge < -0.3 is 9.64 Å². The van der Waals surface area contributed by atoms with E-state index in [2.05, 4.69) is 0 Å². The van der Waals surface area contributed by atoms with Crippen molar-refractivity contribution in [1.82, 2.24) is 4.31 Å². The number of nitro groups is 1. The maximum atomic E-state index is 12.7. The second-order valence-electron chi connectivity index (χ2n) is 6.99. The topological polar surface area (TPSA) is 110 Å². The van der Waals surface area contributed by atoms with Crippen molar-refractivity contribution in [3.8, 4) is 5.75 Å². The lowest BCUT2D eigenvalue weighted by Gasteiger charge is -2.22. The van der Waals surface area contributed by atoms with E-state index in [1.165, 1.54) is 28.3 Å². The third kappa shape index (κ3) is 4.44. The zero-order valence-electron chi connectivity index (χ0n) is 16.7. The number of nitro benzene ring substituents is 1. The second-order valence-corrected chi connectivity index (χ2v) is 8.93. The summed E-state index contributed by atoms with van der Waals surface area (Å²) in [6, 6.07) is 12.4. The van der Waals surface area contributed by atoms with Crippen molar-refractivity contribution in [1.29, 1.82) is 0 Å². The molecule has 0 radical (unpaired) electrons. The van der Waals surface area contributed by atoms with Gasteiger partial charge in [-0.3, -0.25) is 14.9 Å². The number of anilines is 1. The zero-order valence-corrected chi connectivity index (χ0v) is 17.5. The Kier molecular flexibility index (Phi) is 6.37. The Labute approximate surface area is 175 Å². The van der Waals surface area contributed by atoms with Crippen LogP contribution in [0.1, 0.15) is 19.8 Å². The van der Waals surface area contributed by atoms with Gasteiger partial charge in [0.25, 0.3) is 5.91 Å². The molecule has 0 unspecified atom stereocenters. The minimum absolute atomic E-state index is 0.163. The van der Waals surface area contributed by atoms with Gasteiger partial charge in [-0.2, -0.15) is 4.31 Å². The predicted molar refractivity (Wildman–Crippen MR) is 111 cm³/mol. The van der Waals surface area contributed by atoms with Gasteiger partial charge in [0.2, 0.25) is 10.0 Å². The molecule has 1 atom stereocenters. The van der Waals surface area contributed by atoms with Crippen LogP contribution in [0.25, 0.3) is 0 Å². The molecule has 2 aromatic carbocycles. The molecule has 1 heterocycles. The van der Waals surface area contributed by atoms with E-state index in [1.807, 2.05) is 6.07 Å². The minimum Gasteiger partial charge on any atom is -0.474 e. The highest BCUT2D eigenvalue weighted by Gasteiger charge is 2.31. The van der Waals surface area contributed by atoms with Crippen molar-refractivity contribution < 1.29 is 22.9 Å². The first-order valence-corrected chi connectivity index (χ1v) is 10.9. The van der Waals surface area contributed by atoms with Crippen LogP contribution in [0.15, 0.2) is 53.4 Å². The predicted octanol–water partition coefficient (Wildman–Crippen LogP) is 2.81. The molecule has 0 N–H and O–H groups in total. The number of para-hydroxylation sites is 1. The Bertz CT molecular complexity index is 1040. The van der Waals surface area contributed by atoms with Gasteiger partial charge >= 0.3 is 5.69 Å². The van der Waals surface area contributed by atoms with Gasteiger partial charge in [-0.05, 0) is 44.0 Å². The second kappa shape index (κ2) is 8.80. The van der Waals surface area contributed by atoms with Crippen molar-refractivity contribution in [3.63, 3.8) is 0 Å². The summed E-state index contributed by atoms with van der Waals surface area (Å²) >= 11 is 0. The third-order valence-electron chi connectivity index (χ3n) is 4.96. The van der Waals surface area contributed by atoms with Gasteiger partial charge in [-0.25, -0.2) is 8.42 Å². The smallest absolute Gasteiger partial charge is 0.312 e. The van der Waals surface area contributed by atoms with E-state index in [9.17, 15) is 23.3 Å². The van der Waals surface area contributed by atoms with Crippen LogP contribution in [0.3, 0.4) is 0 Å². The van der Waals surface area contributed by atoms with E-state index < -0.39 is 32.6 Å². The molecule has 0 spiro atoms. The van der Waals surface area contributed by atoms with Gasteiger partial charge in [0.1, 0.15) is 0 Å². The van der Waals surface area contributed by atoms with Crippen LogP contribution < -0.4 is 9.64 Å². The normalized spacial score (nSPS) is 15.5. The van der Waals surface area contributed by atoms with Crippen LogP contribution in [0.4, 0.5) is 11.4 Å². The largest absolute Gasteiger partial charge is 0.474 e. The average Bonchev–Trinajstić information content (AvgIpc) is 3.29. The standard InChI is InChI=1S/C20H23N3O6S/c1-15(20(24)21(2)16-8-4-3-5-9-16)29-19-11-10-17(14-18(19)23(25)26)30(27,28)22-12-6-7-13-22/h3-5,8-11,14-15H,6-7,12-13H2,1-2H3/t15-/m1/s1. The van der Waals surface area contributed by atoms with E-state index >= 15 is 0 Å². The van der Waals surface area contributed by atoms with E-state index in [4.69, 9.17) is 4.74 Å². The summed E-state index contributed by atoms with van der Waals surface area (Å²) in [6.07, 6.45) is 0.503. The molecule has 160 valence electrons. The number of hydrogen-bond acceptors (Lipinski definition) is 6. The molecule has 2 aromatic rings. The Morgan fingerprint density at radius 2 is 1.80 bits per heavy atom. The summed E-state index contributed by atoms with van der Waals surface area (Å²) in [7, 11) is -2.23. The molecule has 1 aliphatic rings. The first-order chi connectivity index (χ1) is 14.2. The summed E-state index contributed by atoms with van der Waals surface area (Å²) in [4.78, 5) is 24.7. The molecule has 30 heavy (non-hydrogen) atoms. The van der Waals surface area contributed by atoms with Gasteiger partial charge in [0.15, 0.2) is 11.9 Å². The summed E-state index contributed by atoms with van der Waals surface area (Å²) in [5.74, 6) is -0.563. The highest BCUT2D eigenvalue weighted by Crippen LogP contribution is 2.32. The van der Waals surface area contributed by atoms with E-state index in [1.54, 1.807) is 31.3 Å². The Balaban J connectivity index is 1.83. The minimum atomic E-state index is -3.81. The Morgan fingerprint density at radius 3 is 2.40 bits per heavy atom. The lowest BCUT2D eigenvalue weighted by molar-refractivity contribution is -0.386. The summed E-state index contributed by atoms with van der Waals surface area (Å²) in [5, 5.41) is 11.6. The quantitative estimate of drug-likeness (QED) is 0.490. The fraction of sp³-hybridized carbons (Fsp3) is 0.350. The Hall–Kier alpha value is -2.98. The summed E-state index contributed by atoms with van der Waals surface area (Å²) < 4.78 is 32.3. The molecule has 1 fully saturated rings. The molecule has 0 aliphatic carbocycles. The molecular formula is C20H23N3O6S. The van der Waals surface area contributed by atoms with E-state index in [-0.39, 0.29) is 10.6 Å². The highest BCUT2D eigenvalue weighted by atomic mass is 32.2. The molecule has 0 saturated carbocycles. The molecule has 1 aliphatic heterocycles. The molecular weight excluding hydrogens is 410 g/mol. The summed E-state index contributed by atoms with van der Waals surface area (Å²) in [6.45, 7) is 2.28. The van der Waals surface area contributed by atoms with E-state index in [0.717, 1.165) is 18.9 Å². The fourth-order valence-electron chi connectivity index (χ4n) is 3.27. The van der Waals surface area contributed by atoms with Crippen LogP contribution in [-0.4, -0.2) is 49.8 Å². The number of amides is 1. The molecule has 10 heteroatoms. The number of hydrogen-bond donors (Lipinski definition) is 0. The van der Waals surface area contributed by atoms with Gasteiger partial charge in [0.05, 0.1) is 9.82 Å². The molecule has 1 amide bonds. The molecule has 0 aromatic heterocycles. The van der Waals surface area contributed by atoms with Crippen LogP contribution in [0.5, 0.6) is 5.75 Å². The monoisotopic (exact) mass is 433 g/mol.